The summed E-state index contributed by atoms with van der Waals surface area (Å²) in [6, 6.07) is 65.6. The van der Waals surface area contributed by atoms with Gasteiger partial charge in [0.05, 0.1) is 5.69 Å². The van der Waals surface area contributed by atoms with Crippen molar-refractivity contribution in [1.82, 2.24) is 0 Å². The first-order valence-corrected chi connectivity index (χ1v) is 20.8. The highest BCUT2D eigenvalue weighted by atomic mass is 15.1. The molecule has 0 radical (unpaired) electrons. The molecule has 0 aromatic heterocycles. The molecular formula is C57H53N. The first-order valence-electron chi connectivity index (χ1n) is 20.8. The second-order valence-corrected chi connectivity index (χ2v) is 18.6. The second-order valence-electron chi connectivity index (χ2n) is 18.6. The summed E-state index contributed by atoms with van der Waals surface area (Å²) in [6.45, 7) is 18.7. The normalized spacial score (nSPS) is 13.3. The number of hydrogen-bond donors (Lipinski definition) is 0. The molecular weight excluding hydrogens is 699 g/mol. The van der Waals surface area contributed by atoms with Crippen LogP contribution in [0.1, 0.15) is 77.6 Å². The molecule has 1 heteroatoms. The summed E-state index contributed by atoms with van der Waals surface area (Å²) in [6.07, 6.45) is 0. The fourth-order valence-corrected chi connectivity index (χ4v) is 9.14. The molecule has 1 nitrogen and oxygen atoms in total. The molecule has 0 N–H and O–H groups in total. The van der Waals surface area contributed by atoms with Crippen LogP contribution in [0, 0.1) is 0 Å². The number of fused-ring (bicyclic) bond motifs is 4. The third-order valence-electron chi connectivity index (χ3n) is 12.4. The van der Waals surface area contributed by atoms with E-state index in [0.29, 0.717) is 0 Å². The lowest BCUT2D eigenvalue weighted by atomic mass is 9.80. The Bertz CT molecular complexity index is 2770. The number of hydrogen-bond acceptors (Lipinski definition) is 1. The summed E-state index contributed by atoms with van der Waals surface area (Å²) < 4.78 is 0. The van der Waals surface area contributed by atoms with Crippen molar-refractivity contribution in [3.63, 3.8) is 0 Å². The Kier molecular flexibility index (Phi) is 9.05. The molecule has 58 heavy (non-hydrogen) atoms. The SMILES string of the molecule is CC(C)(C)c1cc(N(c2ccc(-c3cccc4c3-c3ccccc3C4(C)C)cc2)c2ccccc2-c2cccc3cccc(-c4ccccc4)c23)cc(C(C)(C)C)c1. The number of para-hydroxylation sites is 1. The highest BCUT2D eigenvalue weighted by molar-refractivity contribution is 6.09. The molecule has 8 aromatic carbocycles. The van der Waals surface area contributed by atoms with Crippen LogP contribution in [0.25, 0.3) is 55.3 Å². The largest absolute Gasteiger partial charge is 0.310 e. The van der Waals surface area contributed by atoms with Gasteiger partial charge >= 0.3 is 0 Å². The summed E-state index contributed by atoms with van der Waals surface area (Å²) in [5.74, 6) is 0. The molecule has 8 aromatic rings. The van der Waals surface area contributed by atoms with Gasteiger partial charge in [-0.15, -0.1) is 0 Å². The van der Waals surface area contributed by atoms with E-state index < -0.39 is 0 Å². The van der Waals surface area contributed by atoms with E-state index in [4.69, 9.17) is 0 Å². The summed E-state index contributed by atoms with van der Waals surface area (Å²) in [4.78, 5) is 2.50. The van der Waals surface area contributed by atoms with Crippen molar-refractivity contribution in [3.8, 4) is 44.5 Å². The highest BCUT2D eigenvalue weighted by Crippen LogP contribution is 2.52. The standard InChI is InChI=1S/C57H53N/c1-55(2,3)41-35-42(56(4,5)6)37-44(36-41)58(43-33-31-39(32-34-43)46-26-18-29-51-54(46)49-24-12-14-28-50(49)57(51,7)8)52-30-15-13-23-47(52)48-27-17-22-40-21-16-25-45(53(40)48)38-19-10-9-11-20-38/h9-37H,1-8H3. The van der Waals surface area contributed by atoms with Crippen molar-refractivity contribution in [2.75, 3.05) is 4.90 Å². The second kappa shape index (κ2) is 14.0. The zero-order valence-corrected chi connectivity index (χ0v) is 35.2. The van der Waals surface area contributed by atoms with Gasteiger partial charge < -0.3 is 4.90 Å². The van der Waals surface area contributed by atoms with Crippen molar-refractivity contribution < 1.29 is 0 Å². The zero-order chi connectivity index (χ0) is 40.4. The first kappa shape index (κ1) is 37.4. The summed E-state index contributed by atoms with van der Waals surface area (Å²) in [5.41, 5.74) is 18.8. The van der Waals surface area contributed by atoms with Gasteiger partial charge in [0, 0.05) is 22.4 Å². The summed E-state index contributed by atoms with van der Waals surface area (Å²) in [7, 11) is 0. The van der Waals surface area contributed by atoms with Crippen LogP contribution < -0.4 is 4.90 Å². The Hall–Kier alpha value is -6.18. The lowest BCUT2D eigenvalue weighted by Crippen LogP contribution is -2.19. The van der Waals surface area contributed by atoms with Crippen molar-refractivity contribution in [2.45, 2.75) is 71.6 Å². The summed E-state index contributed by atoms with van der Waals surface area (Å²) in [5, 5.41) is 2.49. The van der Waals surface area contributed by atoms with Gasteiger partial charge in [0.25, 0.3) is 0 Å². The van der Waals surface area contributed by atoms with Crippen molar-refractivity contribution in [3.05, 3.63) is 198 Å². The zero-order valence-electron chi connectivity index (χ0n) is 35.2. The van der Waals surface area contributed by atoms with Gasteiger partial charge in [-0.1, -0.05) is 201 Å². The predicted molar refractivity (Wildman–Crippen MR) is 250 cm³/mol. The van der Waals surface area contributed by atoms with Gasteiger partial charge in [0.1, 0.15) is 0 Å². The topological polar surface area (TPSA) is 3.24 Å². The molecule has 0 atom stereocenters. The van der Waals surface area contributed by atoms with E-state index in [9.17, 15) is 0 Å². The van der Waals surface area contributed by atoms with E-state index in [1.807, 2.05) is 0 Å². The molecule has 1 aliphatic rings. The van der Waals surface area contributed by atoms with Gasteiger partial charge in [-0.3, -0.25) is 0 Å². The smallest absolute Gasteiger partial charge is 0.0540 e. The first-order chi connectivity index (χ1) is 27.8. The number of rotatable bonds is 6. The molecule has 9 rings (SSSR count). The predicted octanol–water partition coefficient (Wildman–Crippen LogP) is 16.2. The van der Waals surface area contributed by atoms with Crippen LogP contribution in [0.5, 0.6) is 0 Å². The Labute approximate surface area is 345 Å². The lowest BCUT2D eigenvalue weighted by molar-refractivity contribution is 0.569. The fourth-order valence-electron chi connectivity index (χ4n) is 9.14. The minimum Gasteiger partial charge on any atom is -0.310 e. The Balaban J connectivity index is 1.27. The van der Waals surface area contributed by atoms with Crippen molar-refractivity contribution in [2.24, 2.45) is 0 Å². The number of nitrogens with zero attached hydrogens (tertiary/aromatic N) is 1. The minimum absolute atomic E-state index is 0.0387. The van der Waals surface area contributed by atoms with Gasteiger partial charge in [-0.2, -0.15) is 0 Å². The monoisotopic (exact) mass is 751 g/mol. The number of anilines is 3. The van der Waals surface area contributed by atoms with Crippen LogP contribution in [0.3, 0.4) is 0 Å². The van der Waals surface area contributed by atoms with Gasteiger partial charge in [0.2, 0.25) is 0 Å². The number of benzene rings is 8. The Morgan fingerprint density at radius 2 is 0.914 bits per heavy atom. The van der Waals surface area contributed by atoms with Gasteiger partial charge in [-0.05, 0) is 113 Å². The fraction of sp³-hybridized carbons (Fsp3) is 0.193. The molecule has 1 aliphatic carbocycles. The third kappa shape index (κ3) is 6.44. The van der Waals surface area contributed by atoms with Crippen LogP contribution in [-0.2, 0) is 16.2 Å². The minimum atomic E-state index is -0.0484. The maximum atomic E-state index is 2.50. The quantitative estimate of drug-likeness (QED) is 0.164. The highest BCUT2D eigenvalue weighted by Gasteiger charge is 2.36. The van der Waals surface area contributed by atoms with E-state index in [1.54, 1.807) is 0 Å². The maximum absolute atomic E-state index is 2.50. The van der Waals surface area contributed by atoms with E-state index in [0.717, 1.165) is 17.1 Å². The van der Waals surface area contributed by atoms with Crippen LogP contribution >= 0.6 is 0 Å². The molecule has 0 saturated carbocycles. The van der Waals surface area contributed by atoms with E-state index in [-0.39, 0.29) is 16.2 Å². The van der Waals surface area contributed by atoms with Crippen molar-refractivity contribution >= 4 is 27.8 Å². The van der Waals surface area contributed by atoms with E-state index in [1.165, 1.54) is 77.5 Å². The molecule has 0 aliphatic heterocycles. The Morgan fingerprint density at radius 3 is 1.59 bits per heavy atom. The van der Waals surface area contributed by atoms with Crippen LogP contribution in [0.4, 0.5) is 17.1 Å². The van der Waals surface area contributed by atoms with Gasteiger partial charge in [-0.25, -0.2) is 0 Å². The molecule has 0 fully saturated rings. The molecule has 0 heterocycles. The summed E-state index contributed by atoms with van der Waals surface area (Å²) >= 11 is 0. The average Bonchev–Trinajstić information content (AvgIpc) is 3.46. The molecule has 0 spiro atoms. The third-order valence-corrected chi connectivity index (χ3v) is 12.4. The molecule has 0 bridgehead atoms. The molecule has 0 amide bonds. The average molecular weight is 752 g/mol. The van der Waals surface area contributed by atoms with Crippen LogP contribution in [-0.4, -0.2) is 0 Å². The maximum Gasteiger partial charge on any atom is 0.0540 e. The van der Waals surface area contributed by atoms with E-state index >= 15 is 0 Å². The van der Waals surface area contributed by atoms with E-state index in [2.05, 4.69) is 236 Å². The molecule has 286 valence electrons. The Morgan fingerprint density at radius 1 is 0.397 bits per heavy atom. The van der Waals surface area contributed by atoms with Crippen LogP contribution in [0.2, 0.25) is 0 Å². The van der Waals surface area contributed by atoms with Crippen molar-refractivity contribution in [1.29, 1.82) is 0 Å². The molecule has 0 unspecified atom stereocenters. The van der Waals surface area contributed by atoms with Crippen LogP contribution in [0.15, 0.2) is 176 Å². The molecule has 0 saturated heterocycles. The van der Waals surface area contributed by atoms with Gasteiger partial charge in [0.15, 0.2) is 0 Å². The lowest BCUT2D eigenvalue weighted by Gasteiger charge is -2.32.